The van der Waals surface area contributed by atoms with Crippen molar-refractivity contribution in [2.75, 3.05) is 7.11 Å². The van der Waals surface area contributed by atoms with Gasteiger partial charge in [-0.2, -0.15) is 4.39 Å². The summed E-state index contributed by atoms with van der Waals surface area (Å²) in [5.74, 6) is -5.39. The Morgan fingerprint density at radius 1 is 1.25 bits per heavy atom. The van der Waals surface area contributed by atoms with Crippen LogP contribution in [0.4, 0.5) is 13.2 Å². The molecular weight excluding hydrogens is 321 g/mol. The lowest BCUT2D eigenvalue weighted by molar-refractivity contribution is -0.141. The number of methoxy groups -OCH3 is 1. The molecule has 0 aromatic heterocycles. The van der Waals surface area contributed by atoms with Crippen LogP contribution in [-0.4, -0.2) is 13.1 Å². The Kier molecular flexibility index (Phi) is 4.81. The molecular formula is C18H21F3O3. The number of rotatable bonds is 5. The van der Waals surface area contributed by atoms with Crippen LogP contribution in [0, 0.1) is 34.2 Å². The summed E-state index contributed by atoms with van der Waals surface area (Å²) in [7, 11) is 1.24. The molecule has 24 heavy (non-hydrogen) atoms. The molecule has 2 unspecified atom stereocenters. The lowest BCUT2D eigenvalue weighted by atomic mass is 9.98. The molecule has 1 aliphatic carbocycles. The largest absolute Gasteiger partial charge is 0.423 e. The minimum Gasteiger partial charge on any atom is -0.423 e. The second-order valence-electron chi connectivity index (χ2n) is 6.71. The Morgan fingerprint density at radius 3 is 2.42 bits per heavy atom. The van der Waals surface area contributed by atoms with Crippen molar-refractivity contribution in [1.82, 2.24) is 0 Å². The third-order valence-electron chi connectivity index (χ3n) is 5.18. The van der Waals surface area contributed by atoms with Crippen molar-refractivity contribution in [2.45, 2.75) is 34.3 Å². The fraction of sp³-hybridized carbons (Fsp3) is 0.500. The minimum absolute atomic E-state index is 0.0898. The van der Waals surface area contributed by atoms with E-state index in [0.29, 0.717) is 6.07 Å². The fourth-order valence-electron chi connectivity index (χ4n) is 3.21. The molecule has 1 aliphatic rings. The summed E-state index contributed by atoms with van der Waals surface area (Å²) < 4.78 is 51.6. The normalized spacial score (nSPS) is 25.1. The molecule has 1 fully saturated rings. The Balaban J connectivity index is 2.31. The van der Waals surface area contributed by atoms with Gasteiger partial charge in [0.25, 0.3) is 0 Å². The van der Waals surface area contributed by atoms with Gasteiger partial charge in [-0.1, -0.05) is 26.0 Å². The summed E-state index contributed by atoms with van der Waals surface area (Å²) in [5.41, 5.74) is -1.82. The SMILES string of the molecule is C/C=C\C1C(C)(C)C1(C)C(=O)Oc1cc(F)c(COC)c(F)c1F. The zero-order valence-corrected chi connectivity index (χ0v) is 14.4. The van der Waals surface area contributed by atoms with Gasteiger partial charge in [-0.3, -0.25) is 4.79 Å². The molecule has 2 rings (SSSR count). The molecule has 1 aromatic carbocycles. The first kappa shape index (κ1) is 18.5. The Bertz CT molecular complexity index is 697. The highest BCUT2D eigenvalue weighted by molar-refractivity contribution is 5.84. The number of hydrogen-bond acceptors (Lipinski definition) is 3. The molecule has 132 valence electrons. The summed E-state index contributed by atoms with van der Waals surface area (Å²) in [6.07, 6.45) is 3.70. The van der Waals surface area contributed by atoms with Crippen LogP contribution in [0.3, 0.4) is 0 Å². The van der Waals surface area contributed by atoms with Crippen molar-refractivity contribution >= 4 is 5.97 Å². The zero-order chi connectivity index (χ0) is 18.3. The molecule has 0 saturated heterocycles. The maximum absolute atomic E-state index is 14.1. The molecule has 2 atom stereocenters. The third kappa shape index (κ3) is 2.62. The summed E-state index contributed by atoms with van der Waals surface area (Å²) in [6, 6.07) is 0.675. The van der Waals surface area contributed by atoms with Crippen LogP contribution in [0.1, 0.15) is 33.3 Å². The Hall–Kier alpha value is -1.82. The van der Waals surface area contributed by atoms with Gasteiger partial charge in [0.2, 0.25) is 5.82 Å². The van der Waals surface area contributed by atoms with Crippen LogP contribution in [0.5, 0.6) is 5.75 Å². The summed E-state index contributed by atoms with van der Waals surface area (Å²) in [4.78, 5) is 12.5. The Labute approximate surface area is 139 Å². The van der Waals surface area contributed by atoms with Gasteiger partial charge in [0.1, 0.15) is 5.82 Å². The maximum Gasteiger partial charge on any atom is 0.318 e. The zero-order valence-electron chi connectivity index (χ0n) is 14.4. The van der Waals surface area contributed by atoms with Gasteiger partial charge in [-0.05, 0) is 25.2 Å². The third-order valence-corrected chi connectivity index (χ3v) is 5.18. The van der Waals surface area contributed by atoms with Gasteiger partial charge < -0.3 is 9.47 Å². The average Bonchev–Trinajstić information content (AvgIpc) is 2.96. The quantitative estimate of drug-likeness (QED) is 0.344. The first-order valence-electron chi connectivity index (χ1n) is 7.63. The lowest BCUT2D eigenvalue weighted by Gasteiger charge is -2.15. The van der Waals surface area contributed by atoms with Crippen molar-refractivity contribution in [3.8, 4) is 5.75 Å². The summed E-state index contributed by atoms with van der Waals surface area (Å²) >= 11 is 0. The van der Waals surface area contributed by atoms with Gasteiger partial charge in [0.15, 0.2) is 11.6 Å². The van der Waals surface area contributed by atoms with Gasteiger partial charge >= 0.3 is 5.97 Å². The first-order chi connectivity index (χ1) is 11.1. The molecule has 0 radical (unpaired) electrons. The first-order valence-corrected chi connectivity index (χ1v) is 7.63. The number of hydrogen-bond donors (Lipinski definition) is 0. The van der Waals surface area contributed by atoms with Crippen molar-refractivity contribution in [3.63, 3.8) is 0 Å². The van der Waals surface area contributed by atoms with E-state index >= 15 is 0 Å². The van der Waals surface area contributed by atoms with Crippen LogP contribution in [0.25, 0.3) is 0 Å². The number of allylic oxidation sites excluding steroid dienone is 2. The summed E-state index contributed by atoms with van der Waals surface area (Å²) in [6.45, 7) is 6.89. The summed E-state index contributed by atoms with van der Waals surface area (Å²) in [5, 5.41) is 0. The minimum atomic E-state index is -1.41. The van der Waals surface area contributed by atoms with E-state index < -0.39 is 46.8 Å². The highest BCUT2D eigenvalue weighted by Crippen LogP contribution is 2.69. The van der Waals surface area contributed by atoms with E-state index in [1.54, 1.807) is 6.92 Å². The van der Waals surface area contributed by atoms with Crippen LogP contribution in [-0.2, 0) is 16.1 Å². The van der Waals surface area contributed by atoms with Crippen LogP contribution < -0.4 is 4.74 Å². The standard InChI is InChI=1S/C18H21F3O3/c1-6-7-13-17(2,3)18(13,4)16(22)24-12-8-11(19)10(9-23-5)14(20)15(12)21/h6-8,13H,9H2,1-5H3/b7-6-. The number of esters is 1. The molecule has 6 heteroatoms. The van der Waals surface area contributed by atoms with E-state index in [4.69, 9.17) is 4.74 Å². The average molecular weight is 342 g/mol. The second-order valence-corrected chi connectivity index (χ2v) is 6.71. The predicted molar refractivity (Wildman–Crippen MR) is 82.9 cm³/mol. The van der Waals surface area contributed by atoms with Gasteiger partial charge in [0, 0.05) is 13.2 Å². The Morgan fingerprint density at radius 2 is 1.88 bits per heavy atom. The van der Waals surface area contributed by atoms with Crippen LogP contribution in [0.2, 0.25) is 0 Å². The highest BCUT2D eigenvalue weighted by Gasteiger charge is 2.72. The van der Waals surface area contributed by atoms with Crippen LogP contribution >= 0.6 is 0 Å². The molecule has 3 nitrogen and oxygen atoms in total. The molecule has 0 N–H and O–H groups in total. The molecule has 0 bridgehead atoms. The molecule has 0 spiro atoms. The molecule has 0 amide bonds. The highest BCUT2D eigenvalue weighted by atomic mass is 19.2. The van der Waals surface area contributed by atoms with Crippen molar-refractivity contribution in [2.24, 2.45) is 16.7 Å². The number of carbonyl (C=O) groups excluding carboxylic acids is 1. The molecule has 1 saturated carbocycles. The van der Waals surface area contributed by atoms with E-state index in [1.165, 1.54) is 7.11 Å². The van der Waals surface area contributed by atoms with E-state index in [-0.39, 0.29) is 11.3 Å². The van der Waals surface area contributed by atoms with Gasteiger partial charge in [-0.15, -0.1) is 0 Å². The van der Waals surface area contributed by atoms with Crippen LogP contribution in [0.15, 0.2) is 18.2 Å². The number of ether oxygens (including phenoxy) is 2. The topological polar surface area (TPSA) is 35.5 Å². The lowest BCUT2D eigenvalue weighted by Crippen LogP contribution is -2.25. The second kappa shape index (κ2) is 6.24. The van der Waals surface area contributed by atoms with Crippen molar-refractivity contribution < 1.29 is 27.4 Å². The smallest absolute Gasteiger partial charge is 0.318 e. The van der Waals surface area contributed by atoms with E-state index in [2.05, 4.69) is 4.74 Å². The predicted octanol–water partition coefficient (Wildman–Crippen LogP) is 4.39. The molecule has 0 heterocycles. The van der Waals surface area contributed by atoms with E-state index in [9.17, 15) is 18.0 Å². The van der Waals surface area contributed by atoms with Gasteiger partial charge in [0.05, 0.1) is 17.6 Å². The van der Waals surface area contributed by atoms with Gasteiger partial charge in [-0.25, -0.2) is 8.78 Å². The number of carbonyl (C=O) groups is 1. The monoisotopic (exact) mass is 342 g/mol. The van der Waals surface area contributed by atoms with E-state index in [0.717, 1.165) is 0 Å². The molecule has 0 aliphatic heterocycles. The van der Waals surface area contributed by atoms with E-state index in [1.807, 2.05) is 32.9 Å². The van der Waals surface area contributed by atoms with Crippen molar-refractivity contribution in [1.29, 1.82) is 0 Å². The number of halogens is 3. The fourth-order valence-corrected chi connectivity index (χ4v) is 3.21. The van der Waals surface area contributed by atoms with Crippen molar-refractivity contribution in [3.05, 3.63) is 41.2 Å². The molecule has 1 aromatic rings. The maximum atomic E-state index is 14.1. The number of benzene rings is 1.